The molecule has 0 unspecified atom stereocenters. The van der Waals surface area contributed by atoms with E-state index in [1.54, 1.807) is 6.20 Å². The van der Waals surface area contributed by atoms with Gasteiger partial charge >= 0.3 is 0 Å². The average Bonchev–Trinajstić information content (AvgIpc) is 2.31. The van der Waals surface area contributed by atoms with Crippen molar-refractivity contribution in [3.8, 4) is 0 Å². The Kier molecular flexibility index (Phi) is 6.14. The lowest BCUT2D eigenvalue weighted by Gasteiger charge is -2.31. The number of anilines is 1. The average molecular weight is 306 g/mol. The first-order valence-corrected chi connectivity index (χ1v) is 7.17. The van der Waals surface area contributed by atoms with Crippen LogP contribution in [-0.4, -0.2) is 22.9 Å². The fourth-order valence-electron chi connectivity index (χ4n) is 1.84. The largest absolute Gasteiger partial charge is 0.353 e. The van der Waals surface area contributed by atoms with Crippen LogP contribution in [0.1, 0.15) is 26.7 Å². The van der Waals surface area contributed by atoms with Crippen molar-refractivity contribution in [2.75, 3.05) is 16.8 Å². The summed E-state index contributed by atoms with van der Waals surface area (Å²) in [5.74, 6) is 1.01. The highest BCUT2D eigenvalue weighted by molar-refractivity contribution is 9.09. The monoisotopic (exact) mass is 304 g/mol. The number of pyridine rings is 1. The predicted octanol–water partition coefficient (Wildman–Crippen LogP) is 4.12. The van der Waals surface area contributed by atoms with Crippen LogP contribution in [0.25, 0.3) is 0 Å². The van der Waals surface area contributed by atoms with Crippen LogP contribution in [0.15, 0.2) is 18.3 Å². The standard InChI is InChI=1S/C12H18BrClN2/c1-3-11(4-2)16(8-7-13)12-6-5-10(14)9-15-12/h5-6,9,11H,3-4,7-8H2,1-2H3. The minimum atomic E-state index is 0.547. The molecule has 0 spiro atoms. The zero-order valence-electron chi connectivity index (χ0n) is 9.79. The molecule has 1 aromatic rings. The zero-order valence-corrected chi connectivity index (χ0v) is 12.1. The number of rotatable bonds is 6. The minimum absolute atomic E-state index is 0.547. The van der Waals surface area contributed by atoms with E-state index in [0.717, 1.165) is 30.5 Å². The maximum Gasteiger partial charge on any atom is 0.128 e. The molecule has 0 saturated carbocycles. The van der Waals surface area contributed by atoms with Crippen LogP contribution < -0.4 is 4.90 Å². The van der Waals surface area contributed by atoms with Gasteiger partial charge in [-0.15, -0.1) is 0 Å². The van der Waals surface area contributed by atoms with Crippen molar-refractivity contribution < 1.29 is 0 Å². The highest BCUT2D eigenvalue weighted by atomic mass is 79.9. The Hall–Kier alpha value is -0.280. The van der Waals surface area contributed by atoms with Gasteiger partial charge in [-0.25, -0.2) is 4.98 Å². The lowest BCUT2D eigenvalue weighted by Crippen LogP contribution is -2.36. The molecule has 0 fully saturated rings. The molecule has 0 aliphatic rings. The maximum absolute atomic E-state index is 5.85. The van der Waals surface area contributed by atoms with Gasteiger partial charge in [0.1, 0.15) is 5.82 Å². The van der Waals surface area contributed by atoms with Gasteiger partial charge in [-0.05, 0) is 25.0 Å². The second-order valence-electron chi connectivity index (χ2n) is 3.69. The molecule has 0 N–H and O–H groups in total. The summed E-state index contributed by atoms with van der Waals surface area (Å²) in [6.45, 7) is 5.40. The molecule has 4 heteroatoms. The summed E-state index contributed by atoms with van der Waals surface area (Å²) < 4.78 is 0. The van der Waals surface area contributed by atoms with E-state index in [9.17, 15) is 0 Å². The Labute approximate surface area is 111 Å². The molecule has 0 bridgehead atoms. The summed E-state index contributed by atoms with van der Waals surface area (Å²) in [6, 6.07) is 4.43. The highest BCUT2D eigenvalue weighted by Gasteiger charge is 2.15. The van der Waals surface area contributed by atoms with E-state index in [1.165, 1.54) is 0 Å². The SMILES string of the molecule is CCC(CC)N(CCBr)c1ccc(Cl)cn1. The van der Waals surface area contributed by atoms with Crippen LogP contribution in [-0.2, 0) is 0 Å². The number of nitrogens with zero attached hydrogens (tertiary/aromatic N) is 2. The van der Waals surface area contributed by atoms with Crippen molar-refractivity contribution in [3.63, 3.8) is 0 Å². The topological polar surface area (TPSA) is 16.1 Å². The second-order valence-corrected chi connectivity index (χ2v) is 4.92. The van der Waals surface area contributed by atoms with Gasteiger partial charge in [0.25, 0.3) is 0 Å². The molecule has 2 nitrogen and oxygen atoms in total. The first-order valence-electron chi connectivity index (χ1n) is 5.67. The number of halogens is 2. The maximum atomic E-state index is 5.85. The van der Waals surface area contributed by atoms with Crippen molar-refractivity contribution >= 4 is 33.3 Å². The van der Waals surface area contributed by atoms with E-state index in [0.29, 0.717) is 11.1 Å². The third-order valence-electron chi connectivity index (χ3n) is 2.71. The molecule has 90 valence electrons. The number of hydrogen-bond donors (Lipinski definition) is 0. The van der Waals surface area contributed by atoms with Gasteiger partial charge < -0.3 is 4.90 Å². The van der Waals surface area contributed by atoms with Crippen molar-refractivity contribution in [2.24, 2.45) is 0 Å². The summed E-state index contributed by atoms with van der Waals surface area (Å²) in [7, 11) is 0. The Balaban J connectivity index is 2.87. The van der Waals surface area contributed by atoms with Crippen molar-refractivity contribution in [1.29, 1.82) is 0 Å². The third kappa shape index (κ3) is 3.63. The quantitative estimate of drug-likeness (QED) is 0.735. The lowest BCUT2D eigenvalue weighted by molar-refractivity contribution is 0.564. The molecule has 0 atom stereocenters. The Morgan fingerprint density at radius 1 is 1.38 bits per heavy atom. The van der Waals surface area contributed by atoms with E-state index < -0.39 is 0 Å². The van der Waals surface area contributed by atoms with E-state index in [-0.39, 0.29) is 0 Å². The molecule has 0 radical (unpaired) electrons. The summed E-state index contributed by atoms with van der Waals surface area (Å²) in [6.07, 6.45) is 3.97. The van der Waals surface area contributed by atoms with Crippen molar-refractivity contribution in [3.05, 3.63) is 23.4 Å². The molecule has 1 aromatic heterocycles. The molecular formula is C12H18BrClN2. The molecule has 0 amide bonds. The predicted molar refractivity (Wildman–Crippen MR) is 74.8 cm³/mol. The summed E-state index contributed by atoms with van der Waals surface area (Å²) in [4.78, 5) is 6.73. The summed E-state index contributed by atoms with van der Waals surface area (Å²) in [5.41, 5.74) is 0. The second kappa shape index (κ2) is 7.13. The smallest absolute Gasteiger partial charge is 0.128 e. The Morgan fingerprint density at radius 3 is 2.50 bits per heavy atom. The Morgan fingerprint density at radius 2 is 2.06 bits per heavy atom. The molecule has 0 aromatic carbocycles. The number of aromatic nitrogens is 1. The van der Waals surface area contributed by atoms with E-state index >= 15 is 0 Å². The van der Waals surface area contributed by atoms with Gasteiger partial charge in [0.2, 0.25) is 0 Å². The van der Waals surface area contributed by atoms with Crippen LogP contribution in [0, 0.1) is 0 Å². The molecule has 1 rings (SSSR count). The van der Waals surface area contributed by atoms with Gasteiger partial charge in [0, 0.05) is 24.1 Å². The van der Waals surface area contributed by atoms with Gasteiger partial charge in [-0.3, -0.25) is 0 Å². The number of alkyl halides is 1. The third-order valence-corrected chi connectivity index (χ3v) is 3.29. The van der Waals surface area contributed by atoms with Gasteiger partial charge in [0.05, 0.1) is 5.02 Å². The van der Waals surface area contributed by atoms with E-state index in [4.69, 9.17) is 11.6 Å². The van der Waals surface area contributed by atoms with Gasteiger partial charge in [-0.2, -0.15) is 0 Å². The number of hydrogen-bond acceptors (Lipinski definition) is 2. The van der Waals surface area contributed by atoms with Crippen LogP contribution in [0.3, 0.4) is 0 Å². The van der Waals surface area contributed by atoms with Crippen LogP contribution in [0.5, 0.6) is 0 Å². The fraction of sp³-hybridized carbons (Fsp3) is 0.583. The molecule has 0 saturated heterocycles. The van der Waals surface area contributed by atoms with Crippen molar-refractivity contribution in [2.45, 2.75) is 32.7 Å². The van der Waals surface area contributed by atoms with Crippen molar-refractivity contribution in [1.82, 2.24) is 4.98 Å². The lowest BCUT2D eigenvalue weighted by atomic mass is 10.1. The van der Waals surface area contributed by atoms with Crippen LogP contribution in [0.2, 0.25) is 5.02 Å². The first-order chi connectivity index (χ1) is 7.72. The first kappa shape index (κ1) is 13.8. The molecular weight excluding hydrogens is 288 g/mol. The Bertz CT molecular complexity index is 298. The molecule has 0 aliphatic heterocycles. The normalized spacial score (nSPS) is 10.8. The van der Waals surface area contributed by atoms with Crippen LogP contribution in [0.4, 0.5) is 5.82 Å². The fourth-order valence-corrected chi connectivity index (χ4v) is 2.34. The van der Waals surface area contributed by atoms with E-state index in [1.807, 2.05) is 12.1 Å². The summed E-state index contributed by atoms with van der Waals surface area (Å²) >= 11 is 9.34. The molecule has 16 heavy (non-hydrogen) atoms. The summed E-state index contributed by atoms with van der Waals surface area (Å²) in [5, 5.41) is 1.64. The van der Waals surface area contributed by atoms with Crippen LogP contribution >= 0.6 is 27.5 Å². The van der Waals surface area contributed by atoms with Gasteiger partial charge in [-0.1, -0.05) is 41.4 Å². The molecule has 1 heterocycles. The van der Waals surface area contributed by atoms with Gasteiger partial charge in [0.15, 0.2) is 0 Å². The zero-order chi connectivity index (χ0) is 12.0. The van der Waals surface area contributed by atoms with E-state index in [2.05, 4.69) is 39.7 Å². The highest BCUT2D eigenvalue weighted by Crippen LogP contribution is 2.19. The minimum Gasteiger partial charge on any atom is -0.353 e. The molecule has 0 aliphatic carbocycles.